The molecule has 1 saturated heterocycles. The summed E-state index contributed by atoms with van der Waals surface area (Å²) in [6.45, 7) is 7.13. The van der Waals surface area contributed by atoms with Crippen LogP contribution in [0.2, 0.25) is 0 Å². The van der Waals surface area contributed by atoms with E-state index >= 15 is 0 Å². The minimum absolute atomic E-state index is 0.207. The van der Waals surface area contributed by atoms with Gasteiger partial charge in [-0.25, -0.2) is 0 Å². The van der Waals surface area contributed by atoms with Gasteiger partial charge < -0.3 is 10.5 Å². The second-order valence-electron chi connectivity index (χ2n) is 5.66. The Bertz CT molecular complexity index is 210. The molecule has 2 rings (SSSR count). The Morgan fingerprint density at radius 3 is 2.69 bits per heavy atom. The van der Waals surface area contributed by atoms with Crippen molar-refractivity contribution in [1.29, 1.82) is 0 Å². The summed E-state index contributed by atoms with van der Waals surface area (Å²) in [4.78, 5) is 2.57. The monoisotopic (exact) mass is 226 g/mol. The highest BCUT2D eigenvalue weighted by Gasteiger charge is 2.35. The Hall–Kier alpha value is -0.120. The van der Waals surface area contributed by atoms with E-state index in [2.05, 4.69) is 11.8 Å². The normalized spacial score (nSPS) is 28.1. The third-order valence-corrected chi connectivity index (χ3v) is 4.38. The maximum Gasteiger partial charge on any atom is 0.0593 e. The second kappa shape index (κ2) is 5.48. The first kappa shape index (κ1) is 12.3. The fourth-order valence-electron chi connectivity index (χ4n) is 2.95. The van der Waals surface area contributed by atoms with Crippen LogP contribution in [0.15, 0.2) is 0 Å². The molecule has 1 unspecified atom stereocenters. The molecule has 16 heavy (non-hydrogen) atoms. The fraction of sp³-hybridized carbons (Fsp3) is 1.00. The number of nitrogens with zero attached hydrogens (tertiary/aromatic N) is 1. The van der Waals surface area contributed by atoms with Gasteiger partial charge in [0.2, 0.25) is 0 Å². The molecule has 1 saturated carbocycles. The van der Waals surface area contributed by atoms with Crippen molar-refractivity contribution in [3.63, 3.8) is 0 Å². The maximum atomic E-state index is 6.03. The summed E-state index contributed by atoms with van der Waals surface area (Å²) in [6, 6.07) is 0. The summed E-state index contributed by atoms with van der Waals surface area (Å²) in [5.74, 6) is 0.928. The molecule has 2 N–H and O–H groups in total. The second-order valence-corrected chi connectivity index (χ2v) is 5.66. The van der Waals surface area contributed by atoms with E-state index < -0.39 is 0 Å². The van der Waals surface area contributed by atoms with Crippen LogP contribution in [0.4, 0.5) is 0 Å². The van der Waals surface area contributed by atoms with E-state index in [1.54, 1.807) is 0 Å². The Labute approximate surface area is 99.3 Å². The molecule has 3 nitrogen and oxygen atoms in total. The first-order valence-corrected chi connectivity index (χ1v) is 6.77. The first-order chi connectivity index (χ1) is 7.74. The first-order valence-electron chi connectivity index (χ1n) is 6.77. The van der Waals surface area contributed by atoms with Crippen molar-refractivity contribution in [1.82, 2.24) is 4.90 Å². The van der Waals surface area contributed by atoms with Gasteiger partial charge in [0.15, 0.2) is 0 Å². The van der Waals surface area contributed by atoms with E-state index in [0.717, 1.165) is 45.2 Å². The Kier molecular flexibility index (Phi) is 4.22. The molecule has 0 aromatic heterocycles. The highest BCUT2D eigenvalue weighted by Crippen LogP contribution is 2.35. The van der Waals surface area contributed by atoms with Gasteiger partial charge in [-0.05, 0) is 25.7 Å². The lowest BCUT2D eigenvalue weighted by molar-refractivity contribution is 0.0619. The Balaban J connectivity index is 1.93. The minimum atomic E-state index is 0.207. The molecule has 0 radical (unpaired) electrons. The molecular weight excluding hydrogens is 200 g/mol. The highest BCUT2D eigenvalue weighted by atomic mass is 16.5. The molecule has 0 aromatic carbocycles. The average Bonchev–Trinajstić information content (AvgIpc) is 2.52. The summed E-state index contributed by atoms with van der Waals surface area (Å²) in [7, 11) is 0. The van der Waals surface area contributed by atoms with Crippen LogP contribution in [0, 0.1) is 5.92 Å². The van der Waals surface area contributed by atoms with Gasteiger partial charge in [0, 0.05) is 31.8 Å². The zero-order chi connectivity index (χ0) is 11.4. The lowest BCUT2D eigenvalue weighted by atomic mass is 9.76. The third kappa shape index (κ3) is 2.76. The molecule has 1 heterocycles. The molecule has 0 bridgehead atoms. The van der Waals surface area contributed by atoms with E-state index in [0.29, 0.717) is 0 Å². The largest absolute Gasteiger partial charge is 0.380 e. The maximum absolute atomic E-state index is 6.03. The van der Waals surface area contributed by atoms with Gasteiger partial charge in [-0.2, -0.15) is 0 Å². The van der Waals surface area contributed by atoms with E-state index in [4.69, 9.17) is 10.5 Å². The number of hydrogen-bond acceptors (Lipinski definition) is 3. The molecule has 94 valence electrons. The van der Waals surface area contributed by atoms with Crippen molar-refractivity contribution in [3.8, 4) is 0 Å². The van der Waals surface area contributed by atoms with Crippen LogP contribution >= 0.6 is 0 Å². The van der Waals surface area contributed by atoms with E-state index in [9.17, 15) is 0 Å². The van der Waals surface area contributed by atoms with Crippen LogP contribution in [-0.2, 0) is 4.74 Å². The van der Waals surface area contributed by atoms with Crippen molar-refractivity contribution >= 4 is 0 Å². The molecule has 3 heteroatoms. The average molecular weight is 226 g/mol. The number of rotatable bonds is 4. The molecular formula is C13H26N2O. The van der Waals surface area contributed by atoms with Gasteiger partial charge in [-0.15, -0.1) is 0 Å². The van der Waals surface area contributed by atoms with Crippen LogP contribution in [0.3, 0.4) is 0 Å². The van der Waals surface area contributed by atoms with Crippen molar-refractivity contribution in [3.05, 3.63) is 0 Å². The standard InChI is InChI=1S/C13H26N2O/c1-13(11-14,10-12-4-2-5-12)15-6-3-8-16-9-7-15/h12H,2-11,14H2,1H3. The number of hydrogen-bond donors (Lipinski definition) is 1. The van der Waals surface area contributed by atoms with Crippen molar-refractivity contribution in [2.24, 2.45) is 11.7 Å². The predicted octanol–water partition coefficient (Wildman–Crippen LogP) is 1.62. The van der Waals surface area contributed by atoms with Gasteiger partial charge in [-0.1, -0.05) is 19.3 Å². The summed E-state index contributed by atoms with van der Waals surface area (Å²) < 4.78 is 5.53. The molecule has 1 atom stereocenters. The van der Waals surface area contributed by atoms with Crippen LogP contribution in [0.5, 0.6) is 0 Å². The zero-order valence-corrected chi connectivity index (χ0v) is 10.6. The number of ether oxygens (including phenoxy) is 1. The number of nitrogens with two attached hydrogens (primary N) is 1. The van der Waals surface area contributed by atoms with Crippen molar-refractivity contribution in [2.75, 3.05) is 32.8 Å². The van der Waals surface area contributed by atoms with Gasteiger partial charge in [0.25, 0.3) is 0 Å². The molecule has 1 aliphatic carbocycles. The van der Waals surface area contributed by atoms with Gasteiger partial charge >= 0.3 is 0 Å². The smallest absolute Gasteiger partial charge is 0.0593 e. The Morgan fingerprint density at radius 2 is 2.06 bits per heavy atom. The van der Waals surface area contributed by atoms with Gasteiger partial charge in [-0.3, -0.25) is 4.90 Å². The highest BCUT2D eigenvalue weighted by molar-refractivity contribution is 4.91. The summed E-state index contributed by atoms with van der Waals surface area (Å²) in [5.41, 5.74) is 6.24. The summed E-state index contributed by atoms with van der Waals surface area (Å²) >= 11 is 0. The van der Waals surface area contributed by atoms with Crippen LogP contribution in [-0.4, -0.2) is 43.3 Å². The quantitative estimate of drug-likeness (QED) is 0.791. The van der Waals surface area contributed by atoms with E-state index in [1.807, 2.05) is 0 Å². The third-order valence-electron chi connectivity index (χ3n) is 4.38. The molecule has 0 spiro atoms. The van der Waals surface area contributed by atoms with Gasteiger partial charge in [0.05, 0.1) is 6.61 Å². The SMILES string of the molecule is CC(CN)(CC1CCC1)N1CCCOCC1. The molecule has 1 aliphatic heterocycles. The van der Waals surface area contributed by atoms with Crippen LogP contribution in [0.1, 0.15) is 39.0 Å². The predicted molar refractivity (Wildman–Crippen MR) is 66.4 cm³/mol. The zero-order valence-electron chi connectivity index (χ0n) is 10.6. The van der Waals surface area contributed by atoms with Gasteiger partial charge in [0.1, 0.15) is 0 Å². The molecule has 2 aliphatic rings. The fourth-order valence-corrected chi connectivity index (χ4v) is 2.95. The lowest BCUT2D eigenvalue weighted by Gasteiger charge is -2.44. The van der Waals surface area contributed by atoms with E-state index in [1.165, 1.54) is 25.7 Å². The lowest BCUT2D eigenvalue weighted by Crippen LogP contribution is -2.54. The van der Waals surface area contributed by atoms with Crippen molar-refractivity contribution < 1.29 is 4.74 Å². The Morgan fingerprint density at radius 1 is 1.25 bits per heavy atom. The molecule has 0 aromatic rings. The van der Waals surface area contributed by atoms with E-state index in [-0.39, 0.29) is 5.54 Å². The molecule has 0 amide bonds. The topological polar surface area (TPSA) is 38.5 Å². The summed E-state index contributed by atoms with van der Waals surface area (Å²) in [6.07, 6.45) is 6.69. The van der Waals surface area contributed by atoms with Crippen molar-refractivity contribution in [2.45, 2.75) is 44.6 Å². The molecule has 2 fully saturated rings. The van der Waals surface area contributed by atoms with Crippen LogP contribution < -0.4 is 5.73 Å². The van der Waals surface area contributed by atoms with Crippen LogP contribution in [0.25, 0.3) is 0 Å². The minimum Gasteiger partial charge on any atom is -0.380 e. The summed E-state index contributed by atoms with van der Waals surface area (Å²) in [5, 5.41) is 0.